The Kier molecular flexibility index (Phi) is 6.37. The Labute approximate surface area is 140 Å². The van der Waals surface area contributed by atoms with E-state index >= 15 is 0 Å². The van der Waals surface area contributed by atoms with Crippen LogP contribution >= 0.6 is 15.9 Å². The van der Waals surface area contributed by atoms with Crippen LogP contribution in [0.3, 0.4) is 0 Å². The molecule has 5 heteroatoms. The average Bonchev–Trinajstić information content (AvgIpc) is 2.52. The van der Waals surface area contributed by atoms with E-state index in [0.717, 1.165) is 10.9 Å². The largest absolute Gasteiger partial charge is 0.437 e. The number of carbonyl (C=O) groups is 1. The molecule has 2 aromatic rings. The Balaban J connectivity index is 2.08. The summed E-state index contributed by atoms with van der Waals surface area (Å²) in [6, 6.07) is 16.9. The highest BCUT2D eigenvalue weighted by atomic mass is 79.9. The highest BCUT2D eigenvalue weighted by Crippen LogP contribution is 2.14. The topological polar surface area (TPSA) is 49.3 Å². The Hall–Kier alpha value is -1.43. The number of aryl methyl sites for hydroxylation is 1. The number of benzene rings is 2. The van der Waals surface area contributed by atoms with Gasteiger partial charge in [-0.25, -0.2) is 0 Å². The first-order valence-electron chi connectivity index (χ1n) is 7.34. The van der Waals surface area contributed by atoms with E-state index in [0.29, 0.717) is 12.0 Å². The van der Waals surface area contributed by atoms with Gasteiger partial charge >= 0.3 is 7.05 Å². The van der Waals surface area contributed by atoms with Crippen LogP contribution in [-0.4, -0.2) is 23.9 Å². The van der Waals surface area contributed by atoms with Gasteiger partial charge in [-0.05, 0) is 37.4 Å². The minimum atomic E-state index is -0.722. The molecule has 3 nitrogen and oxygen atoms in total. The van der Waals surface area contributed by atoms with Crippen LogP contribution < -0.4 is 5.23 Å². The summed E-state index contributed by atoms with van der Waals surface area (Å²) in [6.07, 6.45) is 1.43. The molecular weight excluding hydrogens is 341 g/mol. The van der Waals surface area contributed by atoms with Gasteiger partial charge in [-0.3, -0.25) is 4.79 Å². The minimum absolute atomic E-state index is 0.00401. The molecule has 0 spiro atoms. The van der Waals surface area contributed by atoms with Crippen LogP contribution in [0.1, 0.15) is 22.3 Å². The lowest BCUT2D eigenvalue weighted by molar-refractivity contribution is 0.0947. The van der Waals surface area contributed by atoms with E-state index in [9.17, 15) is 9.82 Å². The van der Waals surface area contributed by atoms with Gasteiger partial charge in [-0.15, -0.1) is 0 Å². The van der Waals surface area contributed by atoms with Gasteiger partial charge < -0.3 is 10.3 Å². The molecule has 0 aromatic heterocycles. The van der Waals surface area contributed by atoms with Crippen molar-refractivity contribution in [3.63, 3.8) is 0 Å². The van der Waals surface area contributed by atoms with Crippen molar-refractivity contribution in [2.24, 2.45) is 0 Å². The summed E-state index contributed by atoms with van der Waals surface area (Å²) < 4.78 is 0.938. The summed E-state index contributed by atoms with van der Waals surface area (Å²) in [5.41, 5.74) is 1.83. The van der Waals surface area contributed by atoms with E-state index < -0.39 is 13.1 Å². The lowest BCUT2D eigenvalue weighted by Crippen LogP contribution is -2.45. The fraction of sp³-hybridized carbons (Fsp3) is 0.235. The molecule has 0 aliphatic rings. The van der Waals surface area contributed by atoms with Gasteiger partial charge in [0.25, 0.3) is 0 Å². The van der Waals surface area contributed by atoms with Crippen molar-refractivity contribution >= 4 is 28.8 Å². The quantitative estimate of drug-likeness (QED) is 0.588. The summed E-state index contributed by atoms with van der Waals surface area (Å²) in [5, 5.41) is 12.5. The highest BCUT2D eigenvalue weighted by Gasteiger charge is 2.22. The lowest BCUT2D eigenvalue weighted by Gasteiger charge is -2.18. The number of halogens is 1. The minimum Gasteiger partial charge on any atom is -0.437 e. The van der Waals surface area contributed by atoms with Gasteiger partial charge in [0.05, 0.1) is 6.04 Å². The molecular formula is C17H19BBrNO2. The molecule has 2 rings (SSSR count). The summed E-state index contributed by atoms with van der Waals surface area (Å²) in [4.78, 5) is 12.6. The molecule has 0 bridgehead atoms. The number of hydrogen-bond donors (Lipinski definition) is 2. The number of nitrogens with one attached hydrogen (secondary N) is 1. The molecule has 0 fully saturated rings. The van der Waals surface area contributed by atoms with E-state index in [-0.39, 0.29) is 5.78 Å². The first kappa shape index (κ1) is 16.9. The van der Waals surface area contributed by atoms with Crippen LogP contribution in [0.4, 0.5) is 0 Å². The molecule has 0 amide bonds. The predicted molar refractivity (Wildman–Crippen MR) is 94.0 cm³/mol. The summed E-state index contributed by atoms with van der Waals surface area (Å²) in [5.74, 6) is 0.00401. The van der Waals surface area contributed by atoms with Crippen LogP contribution in [0.2, 0.25) is 6.82 Å². The Morgan fingerprint density at radius 2 is 1.82 bits per heavy atom. The van der Waals surface area contributed by atoms with Gasteiger partial charge in [0.2, 0.25) is 0 Å². The Morgan fingerprint density at radius 3 is 2.41 bits per heavy atom. The Morgan fingerprint density at radius 1 is 1.18 bits per heavy atom. The molecule has 0 aliphatic carbocycles. The van der Waals surface area contributed by atoms with Crippen LogP contribution in [-0.2, 0) is 6.42 Å². The van der Waals surface area contributed by atoms with E-state index in [1.807, 2.05) is 42.5 Å². The molecule has 0 unspecified atom stereocenters. The van der Waals surface area contributed by atoms with Crippen molar-refractivity contribution < 1.29 is 9.82 Å². The smallest absolute Gasteiger partial charge is 0.374 e. The lowest BCUT2D eigenvalue weighted by atomic mass is 9.84. The van der Waals surface area contributed by atoms with E-state index in [4.69, 9.17) is 0 Å². The zero-order chi connectivity index (χ0) is 15.9. The van der Waals surface area contributed by atoms with Crippen molar-refractivity contribution in [2.45, 2.75) is 25.7 Å². The Bertz CT molecular complexity index is 602. The van der Waals surface area contributed by atoms with Gasteiger partial charge in [0, 0.05) is 10.0 Å². The van der Waals surface area contributed by atoms with Crippen molar-refractivity contribution in [3.05, 3.63) is 70.2 Å². The number of ketones is 1. The van der Waals surface area contributed by atoms with Crippen LogP contribution in [0.15, 0.2) is 59.1 Å². The third-order valence-corrected chi connectivity index (χ3v) is 3.98. The molecule has 2 N–H and O–H groups in total. The van der Waals surface area contributed by atoms with Gasteiger partial charge in [0.15, 0.2) is 5.78 Å². The maximum Gasteiger partial charge on any atom is 0.374 e. The van der Waals surface area contributed by atoms with Crippen molar-refractivity contribution in [1.82, 2.24) is 5.23 Å². The second kappa shape index (κ2) is 8.27. The van der Waals surface area contributed by atoms with E-state index in [1.54, 1.807) is 19.0 Å². The number of hydrogen-bond acceptors (Lipinski definition) is 3. The molecule has 0 saturated carbocycles. The molecule has 22 heavy (non-hydrogen) atoms. The molecule has 0 aliphatic heterocycles. The number of Topliss-reactive ketones (excluding diaryl/α,β-unsaturated/α-hetero) is 1. The highest BCUT2D eigenvalue weighted by molar-refractivity contribution is 9.10. The molecule has 0 radical (unpaired) electrons. The summed E-state index contributed by atoms with van der Waals surface area (Å²) in [7, 11) is -0.722. The zero-order valence-electron chi connectivity index (χ0n) is 12.5. The number of rotatable bonds is 7. The van der Waals surface area contributed by atoms with Crippen LogP contribution in [0.5, 0.6) is 0 Å². The average molecular weight is 360 g/mol. The first-order chi connectivity index (χ1) is 10.6. The third kappa shape index (κ3) is 5.09. The zero-order valence-corrected chi connectivity index (χ0v) is 14.1. The van der Waals surface area contributed by atoms with Crippen molar-refractivity contribution in [3.8, 4) is 0 Å². The first-order valence-corrected chi connectivity index (χ1v) is 8.13. The molecule has 0 heterocycles. The standard InChI is InChI=1S/C17H19BBrNO2/c1-18(22)20-16(12-7-13-5-3-2-4-6-13)17(21)14-8-10-15(19)11-9-14/h2-6,8-11,16,20,22H,7,12H2,1H3/t16-/m1/s1. The monoisotopic (exact) mass is 359 g/mol. The van der Waals surface area contributed by atoms with E-state index in [2.05, 4.69) is 21.2 Å². The van der Waals surface area contributed by atoms with Gasteiger partial charge in [-0.1, -0.05) is 58.4 Å². The van der Waals surface area contributed by atoms with E-state index in [1.165, 1.54) is 5.56 Å². The predicted octanol–water partition coefficient (Wildman–Crippen LogP) is 3.33. The van der Waals surface area contributed by atoms with Crippen LogP contribution in [0, 0.1) is 0 Å². The molecule has 1 atom stereocenters. The molecule has 114 valence electrons. The van der Waals surface area contributed by atoms with Crippen molar-refractivity contribution in [2.75, 3.05) is 0 Å². The van der Waals surface area contributed by atoms with Crippen LogP contribution in [0.25, 0.3) is 0 Å². The van der Waals surface area contributed by atoms with Gasteiger partial charge in [0.1, 0.15) is 0 Å². The second-order valence-electron chi connectivity index (χ2n) is 5.29. The van der Waals surface area contributed by atoms with Crippen molar-refractivity contribution in [1.29, 1.82) is 0 Å². The normalized spacial score (nSPS) is 12.0. The fourth-order valence-corrected chi connectivity index (χ4v) is 2.62. The molecule has 2 aromatic carbocycles. The number of carbonyl (C=O) groups excluding carboxylic acids is 1. The fourth-order valence-electron chi connectivity index (χ4n) is 2.35. The maximum absolute atomic E-state index is 12.6. The maximum atomic E-state index is 12.6. The second-order valence-corrected chi connectivity index (χ2v) is 6.21. The summed E-state index contributed by atoms with van der Waals surface area (Å²) >= 11 is 3.37. The third-order valence-electron chi connectivity index (χ3n) is 3.45. The van der Waals surface area contributed by atoms with Gasteiger partial charge in [-0.2, -0.15) is 0 Å². The molecule has 0 saturated heterocycles. The summed E-state index contributed by atoms with van der Waals surface area (Å²) in [6.45, 7) is 1.63. The SMILES string of the molecule is CB(O)N[C@H](CCc1ccccc1)C(=O)c1ccc(Br)cc1.